The molecule has 2 aliphatic carbocycles. The van der Waals surface area contributed by atoms with E-state index in [-0.39, 0.29) is 24.0 Å². The molecule has 0 aromatic carbocycles. The highest BCUT2D eigenvalue weighted by atomic mass is 127. The fraction of sp³-hybridized carbons (Fsp3) is 0.950. The first-order chi connectivity index (χ1) is 12.3. The second-order valence-corrected chi connectivity index (χ2v) is 8.54. The summed E-state index contributed by atoms with van der Waals surface area (Å²) >= 11 is 0. The van der Waals surface area contributed by atoms with Gasteiger partial charge in [-0.1, -0.05) is 13.3 Å². The van der Waals surface area contributed by atoms with Crippen LogP contribution in [-0.4, -0.2) is 61.8 Å². The molecule has 2 saturated carbocycles. The van der Waals surface area contributed by atoms with Gasteiger partial charge in [0.2, 0.25) is 0 Å². The third kappa shape index (κ3) is 3.75. The molecule has 0 amide bonds. The zero-order valence-corrected chi connectivity index (χ0v) is 18.8. The SMILES string of the molecule is CCCN1CCC(NC(=NCC)NC2C3CCOC3C23CCC3)CC1.I. The molecule has 3 atom stereocenters. The Balaban J connectivity index is 0.00000196. The van der Waals surface area contributed by atoms with E-state index in [2.05, 4.69) is 29.4 Å². The number of nitrogens with zero attached hydrogens (tertiary/aromatic N) is 2. The third-order valence-corrected chi connectivity index (χ3v) is 7.11. The maximum atomic E-state index is 6.06. The molecule has 2 saturated heterocycles. The standard InChI is InChI=1S/C20H36N4O.HI/c1-3-11-24-12-6-15(7-13-24)22-19(21-4-2)23-17-16-8-14-25-18(16)20(17)9-5-10-20;/h15-18H,3-14H2,1-2H3,(H2,21,22,23);1H. The van der Waals surface area contributed by atoms with Crippen LogP contribution in [-0.2, 0) is 4.74 Å². The first kappa shape index (κ1) is 20.6. The number of halogens is 1. The predicted molar refractivity (Wildman–Crippen MR) is 117 cm³/mol. The van der Waals surface area contributed by atoms with E-state index in [0.29, 0.717) is 29.5 Å². The molecule has 1 spiro atoms. The molecule has 6 heteroatoms. The Morgan fingerprint density at radius 2 is 1.92 bits per heavy atom. The number of nitrogens with one attached hydrogen (secondary N) is 2. The Bertz CT molecular complexity index is 488. The van der Waals surface area contributed by atoms with E-state index >= 15 is 0 Å². The molecule has 2 N–H and O–H groups in total. The number of rotatable bonds is 5. The van der Waals surface area contributed by atoms with Crippen molar-refractivity contribution < 1.29 is 4.74 Å². The molecular weight excluding hydrogens is 439 g/mol. The first-order valence-electron chi connectivity index (χ1n) is 10.7. The van der Waals surface area contributed by atoms with Crippen molar-refractivity contribution in [2.75, 3.05) is 32.8 Å². The van der Waals surface area contributed by atoms with Gasteiger partial charge in [0.1, 0.15) is 0 Å². The Hall–Kier alpha value is -0.0800. The Labute approximate surface area is 176 Å². The summed E-state index contributed by atoms with van der Waals surface area (Å²) in [5.41, 5.74) is 0.419. The number of piperidine rings is 1. The van der Waals surface area contributed by atoms with Crippen molar-refractivity contribution in [3.8, 4) is 0 Å². The van der Waals surface area contributed by atoms with Gasteiger partial charge < -0.3 is 20.3 Å². The highest BCUT2D eigenvalue weighted by Gasteiger charge is 2.66. The van der Waals surface area contributed by atoms with Crippen LogP contribution in [0.25, 0.3) is 0 Å². The smallest absolute Gasteiger partial charge is 0.191 e. The van der Waals surface area contributed by atoms with Gasteiger partial charge in [-0.05, 0) is 52.0 Å². The molecular formula is C20H37IN4O. The molecule has 0 radical (unpaired) electrons. The number of likely N-dealkylation sites (tertiary alicyclic amines) is 1. The second-order valence-electron chi connectivity index (χ2n) is 8.54. The summed E-state index contributed by atoms with van der Waals surface area (Å²) in [6, 6.07) is 1.14. The molecule has 3 unspecified atom stereocenters. The van der Waals surface area contributed by atoms with Crippen LogP contribution in [0.3, 0.4) is 0 Å². The zero-order valence-electron chi connectivity index (χ0n) is 16.5. The lowest BCUT2D eigenvalue weighted by Gasteiger charge is -2.63. The van der Waals surface area contributed by atoms with E-state index in [0.717, 1.165) is 19.1 Å². The Morgan fingerprint density at radius 1 is 1.15 bits per heavy atom. The monoisotopic (exact) mass is 476 g/mol. The molecule has 150 valence electrons. The summed E-state index contributed by atoms with van der Waals surface area (Å²) in [7, 11) is 0. The van der Waals surface area contributed by atoms with E-state index in [1.165, 1.54) is 64.6 Å². The zero-order chi connectivity index (χ0) is 17.3. The fourth-order valence-corrected chi connectivity index (χ4v) is 5.70. The number of fused-ring (bicyclic) bond motifs is 2. The van der Waals surface area contributed by atoms with Gasteiger partial charge >= 0.3 is 0 Å². The lowest BCUT2D eigenvalue weighted by molar-refractivity contribution is -0.171. The van der Waals surface area contributed by atoms with Gasteiger partial charge in [0.05, 0.1) is 6.10 Å². The molecule has 4 aliphatic rings. The average Bonchev–Trinajstić information content (AvgIpc) is 2.98. The normalized spacial score (nSPS) is 33.8. The number of ether oxygens (including phenoxy) is 1. The first-order valence-corrected chi connectivity index (χ1v) is 10.7. The van der Waals surface area contributed by atoms with Gasteiger partial charge in [-0.15, -0.1) is 24.0 Å². The van der Waals surface area contributed by atoms with Crippen molar-refractivity contribution in [3.63, 3.8) is 0 Å². The maximum Gasteiger partial charge on any atom is 0.191 e. The van der Waals surface area contributed by atoms with Gasteiger partial charge in [-0.3, -0.25) is 4.99 Å². The summed E-state index contributed by atoms with van der Waals surface area (Å²) in [5.74, 6) is 1.76. The predicted octanol–water partition coefficient (Wildman–Crippen LogP) is 2.99. The lowest BCUT2D eigenvalue weighted by Crippen LogP contribution is -2.72. The van der Waals surface area contributed by atoms with Gasteiger partial charge in [0.15, 0.2) is 5.96 Å². The summed E-state index contributed by atoms with van der Waals surface area (Å²) in [4.78, 5) is 7.37. The lowest BCUT2D eigenvalue weighted by atomic mass is 9.46. The van der Waals surface area contributed by atoms with Gasteiger partial charge in [-0.25, -0.2) is 0 Å². The summed E-state index contributed by atoms with van der Waals surface area (Å²) in [6.45, 7) is 9.89. The Morgan fingerprint density at radius 3 is 2.54 bits per heavy atom. The molecule has 26 heavy (non-hydrogen) atoms. The highest BCUT2D eigenvalue weighted by Crippen LogP contribution is 2.62. The number of guanidine groups is 1. The van der Waals surface area contributed by atoms with E-state index in [1.54, 1.807) is 0 Å². The third-order valence-electron chi connectivity index (χ3n) is 7.11. The van der Waals surface area contributed by atoms with Crippen LogP contribution in [0.4, 0.5) is 0 Å². The highest BCUT2D eigenvalue weighted by molar-refractivity contribution is 14.0. The van der Waals surface area contributed by atoms with E-state index in [1.807, 2.05) is 0 Å². The minimum Gasteiger partial charge on any atom is -0.377 e. The molecule has 0 aromatic rings. The van der Waals surface area contributed by atoms with Gasteiger partial charge in [0.25, 0.3) is 0 Å². The topological polar surface area (TPSA) is 48.9 Å². The van der Waals surface area contributed by atoms with Crippen molar-refractivity contribution in [2.45, 2.75) is 77.0 Å². The molecule has 2 heterocycles. The number of hydrogen-bond donors (Lipinski definition) is 2. The number of hydrogen-bond acceptors (Lipinski definition) is 3. The molecule has 0 bridgehead atoms. The van der Waals surface area contributed by atoms with Crippen LogP contribution in [0.1, 0.15) is 58.8 Å². The largest absolute Gasteiger partial charge is 0.377 e. The minimum absolute atomic E-state index is 0. The average molecular weight is 476 g/mol. The van der Waals surface area contributed by atoms with E-state index in [4.69, 9.17) is 9.73 Å². The van der Waals surface area contributed by atoms with Crippen molar-refractivity contribution in [1.82, 2.24) is 15.5 Å². The molecule has 0 aromatic heterocycles. The van der Waals surface area contributed by atoms with Crippen LogP contribution in [0.5, 0.6) is 0 Å². The summed E-state index contributed by atoms with van der Waals surface area (Å²) in [5, 5.41) is 7.60. The van der Waals surface area contributed by atoms with Crippen molar-refractivity contribution in [3.05, 3.63) is 0 Å². The maximum absolute atomic E-state index is 6.06. The number of aliphatic imine (C=N–C) groups is 1. The molecule has 4 fully saturated rings. The molecule has 5 nitrogen and oxygen atoms in total. The molecule has 2 aliphatic heterocycles. The summed E-state index contributed by atoms with van der Waals surface area (Å²) < 4.78 is 6.06. The van der Waals surface area contributed by atoms with Crippen molar-refractivity contribution in [1.29, 1.82) is 0 Å². The van der Waals surface area contributed by atoms with E-state index in [9.17, 15) is 0 Å². The van der Waals surface area contributed by atoms with Gasteiger partial charge in [-0.2, -0.15) is 0 Å². The van der Waals surface area contributed by atoms with Crippen LogP contribution < -0.4 is 10.6 Å². The fourth-order valence-electron chi connectivity index (χ4n) is 5.70. The molecule has 4 rings (SSSR count). The van der Waals surface area contributed by atoms with Crippen LogP contribution in [0.15, 0.2) is 4.99 Å². The van der Waals surface area contributed by atoms with Crippen molar-refractivity contribution >= 4 is 29.9 Å². The Kier molecular flexibility index (Phi) is 7.11. The quantitative estimate of drug-likeness (QED) is 0.364. The van der Waals surface area contributed by atoms with Crippen LogP contribution >= 0.6 is 24.0 Å². The summed E-state index contributed by atoms with van der Waals surface area (Å²) in [6.07, 6.45) is 9.51. The van der Waals surface area contributed by atoms with Crippen LogP contribution in [0.2, 0.25) is 0 Å². The van der Waals surface area contributed by atoms with Crippen molar-refractivity contribution in [2.24, 2.45) is 16.3 Å². The van der Waals surface area contributed by atoms with Gasteiger partial charge in [0, 0.05) is 49.7 Å². The van der Waals surface area contributed by atoms with E-state index < -0.39 is 0 Å². The van der Waals surface area contributed by atoms with Crippen LogP contribution in [0, 0.1) is 11.3 Å². The minimum atomic E-state index is 0. The second kappa shape index (κ2) is 8.95.